The fourth-order valence-electron chi connectivity index (χ4n) is 2.91. The van der Waals surface area contributed by atoms with Gasteiger partial charge in [0.05, 0.1) is 5.52 Å². The zero-order chi connectivity index (χ0) is 12.5. The van der Waals surface area contributed by atoms with Crippen molar-refractivity contribution >= 4 is 17.0 Å². The Hall–Kier alpha value is -1.75. The van der Waals surface area contributed by atoms with E-state index in [1.807, 2.05) is 12.1 Å². The van der Waals surface area contributed by atoms with Crippen LogP contribution in [0.3, 0.4) is 0 Å². The van der Waals surface area contributed by atoms with Crippen LogP contribution in [-0.2, 0) is 0 Å². The number of phenolic OH excluding ortho intramolecular Hbond substituents is 1. The van der Waals surface area contributed by atoms with Crippen molar-refractivity contribution in [1.29, 1.82) is 0 Å². The molecule has 0 aliphatic heterocycles. The maximum atomic E-state index is 9.86. The van der Waals surface area contributed by atoms with Crippen molar-refractivity contribution in [3.63, 3.8) is 0 Å². The van der Waals surface area contributed by atoms with Crippen molar-refractivity contribution in [2.24, 2.45) is 5.84 Å². The van der Waals surface area contributed by atoms with E-state index in [-0.39, 0.29) is 5.75 Å². The number of aromatic hydroxyl groups is 1. The summed E-state index contributed by atoms with van der Waals surface area (Å²) in [5.74, 6) is 6.40. The Morgan fingerprint density at radius 2 is 2.06 bits per heavy atom. The van der Waals surface area contributed by atoms with E-state index in [1.165, 1.54) is 19.3 Å². The molecule has 2 aromatic rings. The molecule has 4 N–H and O–H groups in total. The lowest BCUT2D eigenvalue weighted by atomic mass is 9.95. The number of fused-ring (bicyclic) bond motifs is 1. The van der Waals surface area contributed by atoms with Gasteiger partial charge in [-0.2, -0.15) is 0 Å². The predicted octanol–water partition coefficient (Wildman–Crippen LogP) is 2.53. The highest BCUT2D eigenvalue weighted by Crippen LogP contribution is 2.35. The lowest BCUT2D eigenvalue weighted by Crippen LogP contribution is -2.18. The van der Waals surface area contributed by atoms with E-state index in [2.05, 4.69) is 15.0 Å². The minimum absolute atomic E-state index is 0.207. The summed E-state index contributed by atoms with van der Waals surface area (Å²) in [5, 5.41) is 9.86. The largest absolute Gasteiger partial charge is 0.506 e. The van der Waals surface area contributed by atoms with E-state index in [0.29, 0.717) is 17.5 Å². The third-order valence-corrected chi connectivity index (χ3v) is 3.77. The van der Waals surface area contributed by atoms with E-state index >= 15 is 0 Å². The van der Waals surface area contributed by atoms with E-state index in [0.717, 1.165) is 18.4 Å². The topological polar surface area (TPSA) is 76.1 Å². The number of phenols is 1. The van der Waals surface area contributed by atoms with Crippen molar-refractivity contribution in [2.75, 3.05) is 5.43 Å². The molecule has 5 nitrogen and oxygen atoms in total. The van der Waals surface area contributed by atoms with Gasteiger partial charge in [-0.15, -0.1) is 0 Å². The van der Waals surface area contributed by atoms with Gasteiger partial charge in [0.2, 0.25) is 5.95 Å². The lowest BCUT2D eigenvalue weighted by Gasteiger charge is -2.25. The van der Waals surface area contributed by atoms with E-state index in [4.69, 9.17) is 5.84 Å². The third kappa shape index (κ3) is 1.71. The van der Waals surface area contributed by atoms with Gasteiger partial charge >= 0.3 is 0 Å². The van der Waals surface area contributed by atoms with Gasteiger partial charge < -0.3 is 9.67 Å². The summed E-state index contributed by atoms with van der Waals surface area (Å²) in [4.78, 5) is 4.38. The van der Waals surface area contributed by atoms with Crippen LogP contribution in [0.2, 0.25) is 0 Å². The molecule has 0 radical (unpaired) electrons. The quantitative estimate of drug-likeness (QED) is 0.562. The number of nitrogens with two attached hydrogens (primary N) is 1. The summed E-state index contributed by atoms with van der Waals surface area (Å²) < 4.78 is 2.13. The zero-order valence-electron chi connectivity index (χ0n) is 10.3. The summed E-state index contributed by atoms with van der Waals surface area (Å²) in [5.41, 5.74) is 4.23. The Bertz CT molecular complexity index is 557. The number of rotatable bonds is 2. The molecule has 1 aromatic carbocycles. The number of imidazole rings is 1. The van der Waals surface area contributed by atoms with Gasteiger partial charge in [0.1, 0.15) is 11.3 Å². The molecule has 0 atom stereocenters. The van der Waals surface area contributed by atoms with Crippen LogP contribution in [0.1, 0.15) is 38.1 Å². The van der Waals surface area contributed by atoms with Crippen LogP contribution in [0, 0.1) is 0 Å². The summed E-state index contributed by atoms with van der Waals surface area (Å²) in [6, 6.07) is 5.91. The third-order valence-electron chi connectivity index (χ3n) is 3.77. The number of hydrazine groups is 1. The first-order valence-corrected chi connectivity index (χ1v) is 6.48. The molecule has 1 saturated carbocycles. The molecule has 1 heterocycles. The van der Waals surface area contributed by atoms with Crippen molar-refractivity contribution in [2.45, 2.75) is 38.1 Å². The van der Waals surface area contributed by atoms with Crippen LogP contribution >= 0.6 is 0 Å². The van der Waals surface area contributed by atoms with Gasteiger partial charge in [0, 0.05) is 6.04 Å². The second kappa shape index (κ2) is 4.49. The van der Waals surface area contributed by atoms with Gasteiger partial charge in [0.15, 0.2) is 0 Å². The van der Waals surface area contributed by atoms with Crippen molar-refractivity contribution in [3.8, 4) is 5.75 Å². The number of nitrogens with one attached hydrogen (secondary N) is 1. The molecular formula is C13H18N4O. The highest BCUT2D eigenvalue weighted by atomic mass is 16.3. The number of hydrogen-bond donors (Lipinski definition) is 3. The second-order valence-corrected chi connectivity index (χ2v) is 4.89. The maximum absolute atomic E-state index is 9.86. The smallest absolute Gasteiger partial charge is 0.218 e. The SMILES string of the molecule is NNc1nc2c(O)cccc2n1C1CCCCC1. The highest BCUT2D eigenvalue weighted by molar-refractivity contribution is 5.84. The van der Waals surface area contributed by atoms with E-state index in [1.54, 1.807) is 6.07 Å². The Kier molecular flexibility index (Phi) is 2.83. The molecule has 0 amide bonds. The molecule has 5 heteroatoms. The number of anilines is 1. The predicted molar refractivity (Wildman–Crippen MR) is 71.3 cm³/mol. The Balaban J connectivity index is 2.16. The number of aromatic nitrogens is 2. The normalized spacial score (nSPS) is 17.2. The monoisotopic (exact) mass is 246 g/mol. The average Bonchev–Trinajstić information content (AvgIpc) is 2.80. The molecule has 3 rings (SSSR count). The van der Waals surface area contributed by atoms with Crippen LogP contribution in [-0.4, -0.2) is 14.7 Å². The van der Waals surface area contributed by atoms with Crippen LogP contribution < -0.4 is 11.3 Å². The molecular weight excluding hydrogens is 228 g/mol. The minimum Gasteiger partial charge on any atom is -0.506 e. The van der Waals surface area contributed by atoms with Gasteiger partial charge in [-0.05, 0) is 25.0 Å². The maximum Gasteiger partial charge on any atom is 0.218 e. The van der Waals surface area contributed by atoms with Crippen LogP contribution in [0.15, 0.2) is 18.2 Å². The van der Waals surface area contributed by atoms with Crippen LogP contribution in [0.4, 0.5) is 5.95 Å². The number of benzene rings is 1. The Morgan fingerprint density at radius 3 is 2.78 bits per heavy atom. The van der Waals surface area contributed by atoms with Crippen LogP contribution in [0.25, 0.3) is 11.0 Å². The molecule has 0 saturated heterocycles. The fourth-order valence-corrected chi connectivity index (χ4v) is 2.91. The van der Waals surface area contributed by atoms with E-state index < -0.39 is 0 Å². The molecule has 1 aliphatic carbocycles. The van der Waals surface area contributed by atoms with Crippen molar-refractivity contribution < 1.29 is 5.11 Å². The van der Waals surface area contributed by atoms with Crippen molar-refractivity contribution in [1.82, 2.24) is 9.55 Å². The molecule has 18 heavy (non-hydrogen) atoms. The van der Waals surface area contributed by atoms with Crippen molar-refractivity contribution in [3.05, 3.63) is 18.2 Å². The Morgan fingerprint density at radius 1 is 1.28 bits per heavy atom. The zero-order valence-corrected chi connectivity index (χ0v) is 10.3. The fraction of sp³-hybridized carbons (Fsp3) is 0.462. The number of nitrogen functional groups attached to an aromatic ring is 1. The summed E-state index contributed by atoms with van der Waals surface area (Å²) in [6.45, 7) is 0. The summed E-state index contributed by atoms with van der Waals surface area (Å²) in [6.07, 6.45) is 6.09. The van der Waals surface area contributed by atoms with Gasteiger partial charge in [0.25, 0.3) is 0 Å². The molecule has 0 spiro atoms. The first-order valence-electron chi connectivity index (χ1n) is 6.48. The Labute approximate surface area is 106 Å². The first kappa shape index (κ1) is 11.3. The summed E-state index contributed by atoms with van der Waals surface area (Å²) >= 11 is 0. The number of nitrogens with zero attached hydrogens (tertiary/aromatic N) is 2. The van der Waals surface area contributed by atoms with Crippen LogP contribution in [0.5, 0.6) is 5.75 Å². The molecule has 1 fully saturated rings. The summed E-state index contributed by atoms with van der Waals surface area (Å²) in [7, 11) is 0. The molecule has 0 bridgehead atoms. The molecule has 1 aliphatic rings. The van der Waals surface area contributed by atoms with Gasteiger partial charge in [-0.25, -0.2) is 10.8 Å². The minimum atomic E-state index is 0.207. The van der Waals surface area contributed by atoms with Gasteiger partial charge in [-0.1, -0.05) is 25.3 Å². The second-order valence-electron chi connectivity index (χ2n) is 4.89. The lowest BCUT2D eigenvalue weighted by molar-refractivity contribution is 0.362. The molecule has 0 unspecified atom stereocenters. The van der Waals surface area contributed by atoms with E-state index in [9.17, 15) is 5.11 Å². The number of para-hydroxylation sites is 1. The highest BCUT2D eigenvalue weighted by Gasteiger charge is 2.21. The molecule has 1 aromatic heterocycles. The first-order chi connectivity index (χ1) is 8.81. The average molecular weight is 246 g/mol. The number of hydrogen-bond acceptors (Lipinski definition) is 4. The molecule has 96 valence electrons. The van der Waals surface area contributed by atoms with Gasteiger partial charge in [-0.3, -0.25) is 5.43 Å². The standard InChI is InChI=1S/C13H18N4O/c14-16-13-15-12-10(7-4-8-11(12)18)17(13)9-5-2-1-3-6-9/h4,7-9,18H,1-3,5-6,14H2,(H,15,16).